The van der Waals surface area contributed by atoms with Crippen molar-refractivity contribution in [3.8, 4) is 0 Å². The standard InChI is InChI=1S/C49H93N3O6/c1-4-7-10-13-16-25-32-44-57-47(54)36-28-21-17-23-30-39-51(41-33-42-52-43-38-46(53)50-49(52)56)40-31-24-18-22-29-37-48(55)58-45(34-26-19-14-11-8-5-2)35-27-20-15-12-9-6-3/h45H,4-44H2,1-3H3,(H,50,53,56). The number of unbranched alkanes of at least 4 members (excludes halogenated alkanes) is 24. The van der Waals surface area contributed by atoms with Crippen molar-refractivity contribution < 1.29 is 28.7 Å². The highest BCUT2D eigenvalue weighted by Gasteiger charge is 2.22. The lowest BCUT2D eigenvalue weighted by Crippen LogP contribution is -2.50. The highest BCUT2D eigenvalue weighted by molar-refractivity contribution is 5.96. The van der Waals surface area contributed by atoms with Crippen LogP contribution in [0.4, 0.5) is 4.79 Å². The van der Waals surface area contributed by atoms with E-state index in [0.717, 1.165) is 116 Å². The minimum atomic E-state index is -0.264. The lowest BCUT2D eigenvalue weighted by Gasteiger charge is -2.28. The van der Waals surface area contributed by atoms with Gasteiger partial charge in [0.15, 0.2) is 0 Å². The molecule has 0 aliphatic carbocycles. The summed E-state index contributed by atoms with van der Waals surface area (Å²) in [5.74, 6) is -0.231. The molecule has 0 unspecified atom stereocenters. The van der Waals surface area contributed by atoms with Crippen molar-refractivity contribution in [3.63, 3.8) is 0 Å². The molecule has 0 bridgehead atoms. The fourth-order valence-corrected chi connectivity index (χ4v) is 8.03. The van der Waals surface area contributed by atoms with Gasteiger partial charge in [-0.1, -0.05) is 162 Å². The predicted molar refractivity (Wildman–Crippen MR) is 241 cm³/mol. The van der Waals surface area contributed by atoms with E-state index in [1.54, 1.807) is 4.90 Å². The van der Waals surface area contributed by atoms with Gasteiger partial charge in [0.1, 0.15) is 6.10 Å². The minimum Gasteiger partial charge on any atom is -0.466 e. The summed E-state index contributed by atoms with van der Waals surface area (Å²) in [6, 6.07) is -0.264. The van der Waals surface area contributed by atoms with Crippen LogP contribution >= 0.6 is 0 Å². The first-order chi connectivity index (χ1) is 28.4. The second-order valence-electron chi connectivity index (χ2n) is 17.4. The van der Waals surface area contributed by atoms with Gasteiger partial charge in [0.2, 0.25) is 5.91 Å². The number of esters is 2. The molecule has 1 saturated heterocycles. The van der Waals surface area contributed by atoms with Crippen molar-refractivity contribution >= 4 is 23.9 Å². The van der Waals surface area contributed by atoms with E-state index in [9.17, 15) is 19.2 Å². The van der Waals surface area contributed by atoms with Crippen molar-refractivity contribution in [2.45, 2.75) is 252 Å². The molecule has 0 atom stereocenters. The van der Waals surface area contributed by atoms with Gasteiger partial charge in [-0.3, -0.25) is 19.7 Å². The Bertz CT molecular complexity index is 977. The number of nitrogens with one attached hydrogen (secondary N) is 1. The lowest BCUT2D eigenvalue weighted by molar-refractivity contribution is -0.150. The normalized spacial score (nSPS) is 13.2. The maximum Gasteiger partial charge on any atom is 0.324 e. The van der Waals surface area contributed by atoms with Gasteiger partial charge in [0.25, 0.3) is 0 Å². The molecule has 9 nitrogen and oxygen atoms in total. The number of urea groups is 1. The summed E-state index contributed by atoms with van der Waals surface area (Å²) in [6.07, 6.45) is 39.0. The van der Waals surface area contributed by atoms with Crippen LogP contribution in [-0.4, -0.2) is 79.1 Å². The van der Waals surface area contributed by atoms with Crippen LogP contribution in [-0.2, 0) is 23.9 Å². The number of carbonyl (C=O) groups excluding carboxylic acids is 4. The smallest absolute Gasteiger partial charge is 0.324 e. The zero-order valence-electron chi connectivity index (χ0n) is 38.4. The van der Waals surface area contributed by atoms with Gasteiger partial charge >= 0.3 is 18.0 Å². The average Bonchev–Trinajstić information content (AvgIpc) is 3.21. The van der Waals surface area contributed by atoms with Crippen LogP contribution in [0.3, 0.4) is 0 Å². The molecule has 1 fully saturated rings. The number of ether oxygens (including phenoxy) is 2. The van der Waals surface area contributed by atoms with Gasteiger partial charge < -0.3 is 19.3 Å². The molecule has 0 aromatic heterocycles. The Balaban J connectivity index is 2.33. The predicted octanol–water partition coefficient (Wildman–Crippen LogP) is 13.0. The van der Waals surface area contributed by atoms with E-state index in [1.165, 1.54) is 109 Å². The monoisotopic (exact) mass is 820 g/mol. The topological polar surface area (TPSA) is 105 Å². The van der Waals surface area contributed by atoms with E-state index in [0.29, 0.717) is 39.0 Å². The molecule has 0 saturated carbocycles. The lowest BCUT2D eigenvalue weighted by atomic mass is 10.0. The maximum absolute atomic E-state index is 12.8. The Labute approximate surface area is 357 Å². The summed E-state index contributed by atoms with van der Waals surface area (Å²) in [4.78, 5) is 53.0. The molecule has 0 aromatic carbocycles. The average molecular weight is 820 g/mol. The zero-order chi connectivity index (χ0) is 42.2. The zero-order valence-corrected chi connectivity index (χ0v) is 38.4. The first kappa shape index (κ1) is 53.9. The van der Waals surface area contributed by atoms with Crippen LogP contribution in [0.15, 0.2) is 0 Å². The summed E-state index contributed by atoms with van der Waals surface area (Å²) in [6.45, 7) is 11.5. The van der Waals surface area contributed by atoms with E-state index in [4.69, 9.17) is 9.47 Å². The number of imide groups is 1. The molecule has 340 valence electrons. The Morgan fingerprint density at radius 1 is 0.552 bits per heavy atom. The Hall–Kier alpha value is -2.16. The molecular weight excluding hydrogens is 727 g/mol. The number of nitrogens with zero attached hydrogens (tertiary/aromatic N) is 2. The number of hydrogen-bond acceptors (Lipinski definition) is 7. The third kappa shape index (κ3) is 33.6. The molecule has 9 heteroatoms. The van der Waals surface area contributed by atoms with E-state index >= 15 is 0 Å². The Morgan fingerprint density at radius 2 is 0.983 bits per heavy atom. The van der Waals surface area contributed by atoms with E-state index in [-0.39, 0.29) is 30.0 Å². The SMILES string of the molecule is CCCCCCCCCOC(=O)CCCCCCCN(CCCCCCCC(=O)OC(CCCCCCCC)CCCCCCCC)CCCN1CCC(=O)NC1=O. The number of hydrogen-bond donors (Lipinski definition) is 1. The van der Waals surface area contributed by atoms with Gasteiger partial charge in [0.05, 0.1) is 6.61 Å². The molecule has 58 heavy (non-hydrogen) atoms. The second-order valence-corrected chi connectivity index (χ2v) is 17.4. The molecule has 1 heterocycles. The number of rotatable bonds is 43. The minimum absolute atomic E-state index is 0.00127. The third-order valence-electron chi connectivity index (χ3n) is 11.8. The summed E-state index contributed by atoms with van der Waals surface area (Å²) in [7, 11) is 0. The fraction of sp³-hybridized carbons (Fsp3) is 0.918. The molecule has 0 radical (unpaired) electrons. The van der Waals surface area contributed by atoms with Crippen LogP contribution in [0.2, 0.25) is 0 Å². The van der Waals surface area contributed by atoms with Crippen molar-refractivity contribution in [2.75, 3.05) is 39.3 Å². The van der Waals surface area contributed by atoms with Gasteiger partial charge in [-0.15, -0.1) is 0 Å². The first-order valence-electron chi connectivity index (χ1n) is 25.1. The van der Waals surface area contributed by atoms with Gasteiger partial charge in [-0.2, -0.15) is 0 Å². The first-order valence-corrected chi connectivity index (χ1v) is 25.1. The number of carbonyl (C=O) groups is 4. The quantitative estimate of drug-likeness (QED) is 0.0482. The molecule has 1 aliphatic rings. The van der Waals surface area contributed by atoms with Gasteiger partial charge in [-0.05, 0) is 83.8 Å². The van der Waals surface area contributed by atoms with Gasteiger partial charge in [0, 0.05) is 32.4 Å². The van der Waals surface area contributed by atoms with Crippen LogP contribution in [0.1, 0.15) is 245 Å². The molecule has 0 spiro atoms. The number of amides is 3. The largest absolute Gasteiger partial charge is 0.466 e. The second kappa shape index (κ2) is 40.3. The Kier molecular flexibility index (Phi) is 37.4. The summed E-state index contributed by atoms with van der Waals surface area (Å²) < 4.78 is 11.5. The highest BCUT2D eigenvalue weighted by atomic mass is 16.5. The molecule has 3 amide bonds. The van der Waals surface area contributed by atoms with Crippen LogP contribution < -0.4 is 5.32 Å². The van der Waals surface area contributed by atoms with Crippen molar-refractivity contribution in [3.05, 3.63) is 0 Å². The van der Waals surface area contributed by atoms with Gasteiger partial charge in [-0.25, -0.2) is 4.79 Å². The van der Waals surface area contributed by atoms with Crippen LogP contribution in [0.5, 0.6) is 0 Å². The molecular formula is C49H93N3O6. The van der Waals surface area contributed by atoms with E-state index < -0.39 is 0 Å². The van der Waals surface area contributed by atoms with Crippen molar-refractivity contribution in [2.24, 2.45) is 0 Å². The van der Waals surface area contributed by atoms with Crippen molar-refractivity contribution in [1.82, 2.24) is 15.1 Å². The van der Waals surface area contributed by atoms with Crippen LogP contribution in [0.25, 0.3) is 0 Å². The summed E-state index contributed by atoms with van der Waals surface area (Å²) in [5, 5.41) is 2.44. The molecule has 1 rings (SSSR count). The molecule has 1 aliphatic heterocycles. The third-order valence-corrected chi connectivity index (χ3v) is 11.8. The fourth-order valence-electron chi connectivity index (χ4n) is 8.03. The summed E-state index contributed by atoms with van der Waals surface area (Å²) in [5.41, 5.74) is 0. The van der Waals surface area contributed by atoms with E-state index in [2.05, 4.69) is 31.0 Å². The summed E-state index contributed by atoms with van der Waals surface area (Å²) >= 11 is 0. The molecule has 1 N–H and O–H groups in total. The van der Waals surface area contributed by atoms with Crippen LogP contribution in [0, 0.1) is 0 Å². The maximum atomic E-state index is 12.8. The van der Waals surface area contributed by atoms with Crippen molar-refractivity contribution in [1.29, 1.82) is 0 Å². The molecule has 0 aromatic rings. The van der Waals surface area contributed by atoms with E-state index in [1.807, 2.05) is 0 Å². The highest BCUT2D eigenvalue weighted by Crippen LogP contribution is 2.19. The Morgan fingerprint density at radius 3 is 1.50 bits per heavy atom.